The first-order chi connectivity index (χ1) is 14.5. The van der Waals surface area contributed by atoms with Gasteiger partial charge in [-0.1, -0.05) is 0 Å². The average molecular weight is 414 g/mol. The number of ether oxygens (including phenoxy) is 3. The maximum atomic E-state index is 13.8. The van der Waals surface area contributed by atoms with Crippen molar-refractivity contribution in [3.05, 3.63) is 47.8 Å². The van der Waals surface area contributed by atoms with Crippen molar-refractivity contribution >= 4 is 23.4 Å². The lowest BCUT2D eigenvalue weighted by Crippen LogP contribution is -2.30. The lowest BCUT2D eigenvalue weighted by molar-refractivity contribution is -0.111. The minimum Gasteiger partial charge on any atom is -0.493 e. The predicted octanol–water partition coefficient (Wildman–Crippen LogP) is 4.49. The van der Waals surface area contributed by atoms with Crippen LogP contribution in [0.4, 0.5) is 15.8 Å². The lowest BCUT2D eigenvalue weighted by Gasteiger charge is -2.30. The van der Waals surface area contributed by atoms with Crippen LogP contribution in [0.5, 0.6) is 17.2 Å². The monoisotopic (exact) mass is 414 g/mol. The van der Waals surface area contributed by atoms with Gasteiger partial charge in [0.1, 0.15) is 5.82 Å². The fourth-order valence-corrected chi connectivity index (χ4v) is 3.56. The Balaban J connectivity index is 1.79. The number of anilines is 2. The van der Waals surface area contributed by atoms with Gasteiger partial charge in [0, 0.05) is 19.2 Å². The summed E-state index contributed by atoms with van der Waals surface area (Å²) in [6, 6.07) is 7.98. The van der Waals surface area contributed by atoms with Gasteiger partial charge in [-0.25, -0.2) is 4.39 Å². The maximum absolute atomic E-state index is 13.8. The highest BCUT2D eigenvalue weighted by molar-refractivity contribution is 6.03. The van der Waals surface area contributed by atoms with Crippen LogP contribution in [0.1, 0.15) is 24.8 Å². The second-order valence-corrected chi connectivity index (χ2v) is 6.99. The molecule has 1 N–H and O–H groups in total. The van der Waals surface area contributed by atoms with E-state index in [2.05, 4.69) is 10.2 Å². The molecule has 6 nitrogen and oxygen atoms in total. The van der Waals surface area contributed by atoms with E-state index in [0.29, 0.717) is 28.5 Å². The molecule has 2 aromatic rings. The largest absolute Gasteiger partial charge is 0.493 e. The molecule has 3 rings (SSSR count). The Morgan fingerprint density at radius 2 is 1.67 bits per heavy atom. The van der Waals surface area contributed by atoms with E-state index in [-0.39, 0.29) is 11.7 Å². The zero-order chi connectivity index (χ0) is 21.5. The van der Waals surface area contributed by atoms with Gasteiger partial charge in [0.25, 0.3) is 0 Å². The van der Waals surface area contributed by atoms with E-state index < -0.39 is 0 Å². The molecule has 0 bridgehead atoms. The van der Waals surface area contributed by atoms with E-state index in [1.807, 2.05) is 0 Å². The van der Waals surface area contributed by atoms with Crippen LogP contribution in [0.15, 0.2) is 36.4 Å². The standard InChI is InChI=1S/C23H27FN2O4/c1-28-20-13-16(14-21(29-2)23(20)30-3)7-10-22(27)25-18-15-17(24)8-9-19(18)26-11-5-4-6-12-26/h7-10,13-15H,4-6,11-12H2,1-3H3,(H,25,27)/b10-7+. The zero-order valence-electron chi connectivity index (χ0n) is 17.5. The van der Waals surface area contributed by atoms with Gasteiger partial charge in [-0.15, -0.1) is 0 Å². The second kappa shape index (κ2) is 10.0. The fraction of sp³-hybridized carbons (Fsp3) is 0.348. The number of rotatable bonds is 7. The molecule has 1 aliphatic heterocycles. The summed E-state index contributed by atoms with van der Waals surface area (Å²) >= 11 is 0. The number of nitrogens with one attached hydrogen (secondary N) is 1. The van der Waals surface area contributed by atoms with Gasteiger partial charge >= 0.3 is 0 Å². The number of amides is 1. The molecule has 0 radical (unpaired) electrons. The lowest BCUT2D eigenvalue weighted by atomic mass is 10.1. The normalized spacial score (nSPS) is 13.9. The van der Waals surface area contributed by atoms with E-state index in [4.69, 9.17) is 14.2 Å². The van der Waals surface area contributed by atoms with Gasteiger partial charge in [0.15, 0.2) is 11.5 Å². The molecule has 0 spiro atoms. The van der Waals surface area contributed by atoms with Crippen molar-refractivity contribution in [2.45, 2.75) is 19.3 Å². The topological polar surface area (TPSA) is 60.0 Å². The third-order valence-electron chi connectivity index (χ3n) is 5.03. The van der Waals surface area contributed by atoms with Gasteiger partial charge in [-0.05, 0) is 61.2 Å². The van der Waals surface area contributed by atoms with E-state index >= 15 is 0 Å². The number of halogens is 1. The molecule has 0 unspecified atom stereocenters. The van der Waals surface area contributed by atoms with Crippen LogP contribution in [0.25, 0.3) is 6.08 Å². The Morgan fingerprint density at radius 1 is 1.00 bits per heavy atom. The van der Waals surface area contributed by atoms with Crippen molar-refractivity contribution in [3.8, 4) is 17.2 Å². The van der Waals surface area contributed by atoms with Crippen LogP contribution in [-0.4, -0.2) is 40.3 Å². The van der Waals surface area contributed by atoms with Crippen LogP contribution < -0.4 is 24.4 Å². The SMILES string of the molecule is COc1cc(/C=C/C(=O)Nc2cc(F)ccc2N2CCCCC2)cc(OC)c1OC. The second-order valence-electron chi connectivity index (χ2n) is 6.99. The molecule has 1 saturated heterocycles. The molecule has 2 aromatic carbocycles. The first-order valence-electron chi connectivity index (χ1n) is 9.89. The Kier molecular flexibility index (Phi) is 7.17. The number of nitrogens with zero attached hydrogens (tertiary/aromatic N) is 1. The van der Waals surface area contributed by atoms with Crippen molar-refractivity contribution in [1.82, 2.24) is 0 Å². The summed E-state index contributed by atoms with van der Waals surface area (Å²) in [5.74, 6) is 0.726. The first-order valence-corrected chi connectivity index (χ1v) is 9.89. The number of carbonyl (C=O) groups excluding carboxylic acids is 1. The summed E-state index contributed by atoms with van der Waals surface area (Å²) in [4.78, 5) is 14.7. The maximum Gasteiger partial charge on any atom is 0.248 e. The summed E-state index contributed by atoms with van der Waals surface area (Å²) in [6.45, 7) is 1.80. The van der Waals surface area contributed by atoms with Gasteiger partial charge in [0.05, 0.1) is 32.7 Å². The number of hydrogen-bond acceptors (Lipinski definition) is 5. The van der Waals surface area contributed by atoms with Crippen LogP contribution in [-0.2, 0) is 4.79 Å². The number of hydrogen-bond donors (Lipinski definition) is 1. The summed E-state index contributed by atoms with van der Waals surface area (Å²) < 4.78 is 29.8. The molecule has 7 heteroatoms. The van der Waals surface area contributed by atoms with Crippen LogP contribution in [0.2, 0.25) is 0 Å². The van der Waals surface area contributed by atoms with E-state index in [0.717, 1.165) is 31.6 Å². The number of benzene rings is 2. The number of methoxy groups -OCH3 is 3. The minimum atomic E-state index is -0.389. The summed E-state index contributed by atoms with van der Waals surface area (Å²) in [7, 11) is 4.59. The first kappa shape index (κ1) is 21.5. The van der Waals surface area contributed by atoms with Crippen LogP contribution in [0.3, 0.4) is 0 Å². The van der Waals surface area contributed by atoms with Crippen molar-refractivity contribution < 1.29 is 23.4 Å². The van der Waals surface area contributed by atoms with Crippen molar-refractivity contribution in [1.29, 1.82) is 0 Å². The quantitative estimate of drug-likeness (QED) is 0.677. The van der Waals surface area contributed by atoms with Crippen molar-refractivity contribution in [2.75, 3.05) is 44.6 Å². The predicted molar refractivity (Wildman–Crippen MR) is 116 cm³/mol. The highest BCUT2D eigenvalue weighted by Gasteiger charge is 2.16. The molecule has 1 amide bonds. The fourth-order valence-electron chi connectivity index (χ4n) is 3.56. The summed E-state index contributed by atoms with van der Waals surface area (Å²) in [5.41, 5.74) is 2.01. The Hall–Kier alpha value is -3.22. The molecule has 0 saturated carbocycles. The van der Waals surface area contributed by atoms with Crippen LogP contribution in [0, 0.1) is 5.82 Å². The van der Waals surface area contributed by atoms with Crippen molar-refractivity contribution in [2.24, 2.45) is 0 Å². The van der Waals surface area contributed by atoms with Crippen LogP contribution >= 0.6 is 0 Å². The Bertz CT molecular complexity index is 898. The zero-order valence-corrected chi connectivity index (χ0v) is 17.5. The Labute approximate surface area is 176 Å². The molecule has 0 aromatic heterocycles. The van der Waals surface area contributed by atoms with E-state index in [9.17, 15) is 9.18 Å². The Morgan fingerprint density at radius 3 is 2.27 bits per heavy atom. The third-order valence-corrected chi connectivity index (χ3v) is 5.03. The highest BCUT2D eigenvalue weighted by Crippen LogP contribution is 2.38. The minimum absolute atomic E-state index is 0.354. The number of carbonyl (C=O) groups is 1. The molecule has 1 heterocycles. The molecule has 1 aliphatic rings. The summed E-state index contributed by atoms with van der Waals surface area (Å²) in [5, 5.41) is 2.80. The van der Waals surface area contributed by atoms with Gasteiger partial charge in [-0.2, -0.15) is 0 Å². The van der Waals surface area contributed by atoms with E-state index in [1.165, 1.54) is 46.0 Å². The molecule has 1 fully saturated rings. The number of piperidine rings is 1. The van der Waals surface area contributed by atoms with Gasteiger partial charge in [-0.3, -0.25) is 4.79 Å². The molecular weight excluding hydrogens is 387 g/mol. The van der Waals surface area contributed by atoms with E-state index in [1.54, 1.807) is 24.3 Å². The average Bonchev–Trinajstić information content (AvgIpc) is 2.77. The van der Waals surface area contributed by atoms with Gasteiger partial charge < -0.3 is 24.4 Å². The smallest absolute Gasteiger partial charge is 0.248 e. The van der Waals surface area contributed by atoms with Crippen molar-refractivity contribution in [3.63, 3.8) is 0 Å². The molecule has 0 aliphatic carbocycles. The molecular formula is C23H27FN2O4. The summed E-state index contributed by atoms with van der Waals surface area (Å²) in [6.07, 6.45) is 6.40. The molecule has 0 atom stereocenters. The third kappa shape index (κ3) is 5.03. The van der Waals surface area contributed by atoms with Gasteiger partial charge in [0.2, 0.25) is 11.7 Å². The molecule has 160 valence electrons. The molecule has 30 heavy (non-hydrogen) atoms. The highest BCUT2D eigenvalue weighted by atomic mass is 19.1.